The third-order valence-corrected chi connectivity index (χ3v) is 2.88. The van der Waals surface area contributed by atoms with Crippen molar-refractivity contribution in [3.63, 3.8) is 0 Å². The highest BCUT2D eigenvalue weighted by Crippen LogP contribution is 2.42. The van der Waals surface area contributed by atoms with Gasteiger partial charge in [-0.15, -0.1) is 11.3 Å². The topological polar surface area (TPSA) is 12.5 Å². The maximum absolute atomic E-state index is 5.74. The lowest BCUT2D eigenvalue weighted by Gasteiger charge is -1.81. The Morgan fingerprint density at radius 3 is 2.70 bits per heavy atom. The summed E-state index contributed by atoms with van der Waals surface area (Å²) < 4.78 is 6.11. The van der Waals surface area contributed by atoms with Gasteiger partial charge in [-0.05, 0) is 19.1 Å². The van der Waals surface area contributed by atoms with Crippen molar-refractivity contribution in [3.8, 4) is 0 Å². The van der Waals surface area contributed by atoms with Gasteiger partial charge in [0, 0.05) is 4.88 Å². The second-order valence-corrected chi connectivity index (χ2v) is 4.15. The summed E-state index contributed by atoms with van der Waals surface area (Å²) in [4.78, 5) is 1.25. The highest BCUT2D eigenvalue weighted by atomic mass is 35.5. The molecule has 0 bridgehead atoms. The Morgan fingerprint density at radius 1 is 1.60 bits per heavy atom. The van der Waals surface area contributed by atoms with Gasteiger partial charge < -0.3 is 4.74 Å². The summed E-state index contributed by atoms with van der Waals surface area (Å²) in [5, 5.41) is 0. The minimum atomic E-state index is 0.331. The molecule has 2 unspecified atom stereocenters. The molecule has 0 aromatic carbocycles. The van der Waals surface area contributed by atoms with Crippen molar-refractivity contribution in [2.24, 2.45) is 0 Å². The molecule has 2 heterocycles. The number of halogens is 1. The van der Waals surface area contributed by atoms with Crippen LogP contribution in [0.1, 0.15) is 17.9 Å². The summed E-state index contributed by atoms with van der Waals surface area (Å²) in [7, 11) is 0. The molecule has 1 fully saturated rings. The minimum Gasteiger partial charge on any atom is -0.364 e. The number of hydrogen-bond donors (Lipinski definition) is 0. The molecule has 0 N–H and O–H groups in total. The summed E-state index contributed by atoms with van der Waals surface area (Å²) in [6.45, 7) is 2.07. The predicted molar refractivity (Wildman–Crippen MR) is 42.6 cm³/mol. The molecule has 0 amide bonds. The van der Waals surface area contributed by atoms with Gasteiger partial charge in [-0.1, -0.05) is 11.6 Å². The summed E-state index contributed by atoms with van der Waals surface area (Å²) in [5.74, 6) is 0. The van der Waals surface area contributed by atoms with Crippen LogP contribution in [0.2, 0.25) is 4.34 Å². The standard InChI is InChI=1S/C7H7ClOS/c1-4-7(9-4)5-2-3-6(8)10-5/h2-4,7H,1H3. The molecule has 3 heteroatoms. The molecule has 0 spiro atoms. The molecule has 1 aliphatic rings. The molecule has 0 saturated carbocycles. The van der Waals surface area contributed by atoms with Crippen LogP contribution in [0.4, 0.5) is 0 Å². The smallest absolute Gasteiger partial charge is 0.118 e. The van der Waals surface area contributed by atoms with Crippen LogP contribution in [-0.4, -0.2) is 6.10 Å². The molecule has 2 rings (SSSR count). The van der Waals surface area contributed by atoms with Crippen molar-refractivity contribution in [2.75, 3.05) is 0 Å². The monoisotopic (exact) mass is 174 g/mol. The largest absolute Gasteiger partial charge is 0.364 e. The zero-order chi connectivity index (χ0) is 7.14. The molecule has 0 aliphatic carbocycles. The van der Waals surface area contributed by atoms with E-state index in [1.54, 1.807) is 11.3 Å². The van der Waals surface area contributed by atoms with E-state index in [0.29, 0.717) is 12.2 Å². The van der Waals surface area contributed by atoms with Crippen molar-refractivity contribution in [1.29, 1.82) is 0 Å². The lowest BCUT2D eigenvalue weighted by Crippen LogP contribution is -1.74. The fraction of sp³-hybridized carbons (Fsp3) is 0.429. The van der Waals surface area contributed by atoms with Gasteiger partial charge in [0.2, 0.25) is 0 Å². The second kappa shape index (κ2) is 2.22. The first kappa shape index (κ1) is 6.65. The Hall–Kier alpha value is -0.0500. The zero-order valence-corrected chi connectivity index (χ0v) is 7.08. The SMILES string of the molecule is CC1OC1c1ccc(Cl)s1. The Bertz CT molecular complexity index is 246. The first-order valence-corrected chi connectivity index (χ1v) is 4.37. The van der Waals surface area contributed by atoms with Gasteiger partial charge >= 0.3 is 0 Å². The van der Waals surface area contributed by atoms with Crippen molar-refractivity contribution in [2.45, 2.75) is 19.1 Å². The van der Waals surface area contributed by atoms with E-state index in [1.165, 1.54) is 4.88 Å². The molecule has 1 saturated heterocycles. The van der Waals surface area contributed by atoms with Gasteiger partial charge in [-0.25, -0.2) is 0 Å². The quantitative estimate of drug-likeness (QED) is 0.597. The van der Waals surface area contributed by atoms with Crippen molar-refractivity contribution >= 4 is 22.9 Å². The van der Waals surface area contributed by atoms with Crippen LogP contribution in [0.15, 0.2) is 12.1 Å². The highest BCUT2D eigenvalue weighted by molar-refractivity contribution is 7.16. The normalized spacial score (nSPS) is 30.6. The number of hydrogen-bond acceptors (Lipinski definition) is 2. The molecule has 10 heavy (non-hydrogen) atoms. The molecule has 1 aromatic rings. The van der Waals surface area contributed by atoms with Crippen LogP contribution in [0.5, 0.6) is 0 Å². The molecular formula is C7H7ClOS. The molecule has 1 aromatic heterocycles. The van der Waals surface area contributed by atoms with E-state index in [9.17, 15) is 0 Å². The van der Waals surface area contributed by atoms with Crippen molar-refractivity contribution in [3.05, 3.63) is 21.3 Å². The molecule has 54 valence electrons. The molecule has 1 nitrogen and oxygen atoms in total. The maximum atomic E-state index is 5.74. The summed E-state index contributed by atoms with van der Waals surface area (Å²) in [6.07, 6.45) is 0.729. The summed E-state index contributed by atoms with van der Waals surface area (Å²) in [5.41, 5.74) is 0. The van der Waals surface area contributed by atoms with Gasteiger partial charge in [-0.2, -0.15) is 0 Å². The van der Waals surface area contributed by atoms with Gasteiger partial charge in [0.15, 0.2) is 0 Å². The Labute approximate surface area is 68.6 Å². The lowest BCUT2D eigenvalue weighted by molar-refractivity contribution is 0.385. The average Bonchev–Trinajstić information content (AvgIpc) is 2.42. The predicted octanol–water partition coefficient (Wildman–Crippen LogP) is 2.86. The van der Waals surface area contributed by atoms with Gasteiger partial charge in [0.1, 0.15) is 6.10 Å². The zero-order valence-electron chi connectivity index (χ0n) is 5.50. The number of epoxide rings is 1. The van der Waals surface area contributed by atoms with E-state index in [0.717, 1.165) is 4.34 Å². The number of thiophene rings is 1. The maximum Gasteiger partial charge on any atom is 0.118 e. The van der Waals surface area contributed by atoms with Crippen LogP contribution < -0.4 is 0 Å². The molecule has 1 aliphatic heterocycles. The second-order valence-electron chi connectivity index (χ2n) is 2.40. The van der Waals surface area contributed by atoms with E-state index < -0.39 is 0 Å². The first-order chi connectivity index (χ1) is 4.77. The fourth-order valence-corrected chi connectivity index (χ4v) is 2.16. The number of rotatable bonds is 1. The molecular weight excluding hydrogens is 168 g/mol. The van der Waals surface area contributed by atoms with E-state index in [2.05, 4.69) is 6.92 Å². The Kier molecular flexibility index (Phi) is 1.48. The fourth-order valence-electron chi connectivity index (χ4n) is 0.965. The van der Waals surface area contributed by atoms with Crippen LogP contribution in [0.25, 0.3) is 0 Å². The number of ether oxygens (including phenoxy) is 1. The molecule has 2 atom stereocenters. The summed E-state index contributed by atoms with van der Waals surface area (Å²) in [6, 6.07) is 3.94. The van der Waals surface area contributed by atoms with E-state index in [-0.39, 0.29) is 0 Å². The van der Waals surface area contributed by atoms with E-state index >= 15 is 0 Å². The summed E-state index contributed by atoms with van der Waals surface area (Å²) >= 11 is 7.35. The lowest BCUT2D eigenvalue weighted by atomic mass is 10.3. The van der Waals surface area contributed by atoms with Gasteiger partial charge in [0.05, 0.1) is 10.4 Å². The van der Waals surface area contributed by atoms with Crippen LogP contribution in [-0.2, 0) is 4.74 Å². The van der Waals surface area contributed by atoms with Crippen LogP contribution in [0, 0.1) is 0 Å². The molecule has 0 radical (unpaired) electrons. The first-order valence-electron chi connectivity index (χ1n) is 3.18. The Balaban J connectivity index is 2.20. The van der Waals surface area contributed by atoms with E-state index in [1.807, 2.05) is 12.1 Å². The highest BCUT2D eigenvalue weighted by Gasteiger charge is 2.36. The van der Waals surface area contributed by atoms with Crippen LogP contribution in [0.3, 0.4) is 0 Å². The van der Waals surface area contributed by atoms with Gasteiger partial charge in [0.25, 0.3) is 0 Å². The van der Waals surface area contributed by atoms with Crippen molar-refractivity contribution in [1.82, 2.24) is 0 Å². The van der Waals surface area contributed by atoms with Gasteiger partial charge in [-0.3, -0.25) is 0 Å². The average molecular weight is 175 g/mol. The Morgan fingerprint density at radius 2 is 2.30 bits per heavy atom. The third-order valence-electron chi connectivity index (χ3n) is 1.59. The van der Waals surface area contributed by atoms with E-state index in [4.69, 9.17) is 16.3 Å². The third kappa shape index (κ3) is 1.07. The minimum absolute atomic E-state index is 0.331. The van der Waals surface area contributed by atoms with Crippen LogP contribution >= 0.6 is 22.9 Å². The van der Waals surface area contributed by atoms with Crippen molar-refractivity contribution < 1.29 is 4.74 Å².